The van der Waals surface area contributed by atoms with Crippen LogP contribution in [0.4, 0.5) is 0 Å². The lowest BCUT2D eigenvalue weighted by Gasteiger charge is -2.18. The topological polar surface area (TPSA) is 54.4 Å². The number of aryl methyl sites for hydroxylation is 1. The van der Waals surface area contributed by atoms with Crippen LogP contribution in [0.1, 0.15) is 47.8 Å². The maximum atomic E-state index is 12.3. The average molecular weight is 380 g/mol. The molecular weight excluding hydrogens is 358 g/mol. The summed E-state index contributed by atoms with van der Waals surface area (Å²) in [5, 5.41) is 5.34. The van der Waals surface area contributed by atoms with Gasteiger partial charge in [0.05, 0.1) is 11.7 Å². The molecule has 0 saturated heterocycles. The highest BCUT2D eigenvalue weighted by Crippen LogP contribution is 2.22. The fraction of sp³-hybridized carbons (Fsp3) is 0.227. The highest BCUT2D eigenvalue weighted by Gasteiger charge is 2.14. The van der Waals surface area contributed by atoms with E-state index in [4.69, 9.17) is 11.6 Å². The summed E-state index contributed by atoms with van der Waals surface area (Å²) in [6.45, 7) is 8.41. The molecule has 138 valence electrons. The number of carbonyl (C=O) groups excluding carboxylic acids is 1. The summed E-state index contributed by atoms with van der Waals surface area (Å²) in [5.41, 5.74) is 6.91. The van der Waals surface area contributed by atoms with Gasteiger partial charge in [0.2, 0.25) is 0 Å². The standard InChI is InChI=1S/C22H22ClN3O/c1-14-5-6-16-12-17(20(23)25-19(16)11-14)13-24-26-21(27)15-7-9-18(10-8-15)22(2,3)4/h5-13H,1-4H3,(H,26,27)/b24-13-. The van der Waals surface area contributed by atoms with Gasteiger partial charge in [-0.1, -0.05) is 56.6 Å². The number of fused-ring (bicyclic) bond motifs is 1. The highest BCUT2D eigenvalue weighted by molar-refractivity contribution is 6.32. The number of halogens is 1. The van der Waals surface area contributed by atoms with Gasteiger partial charge in [-0.25, -0.2) is 10.4 Å². The van der Waals surface area contributed by atoms with Crippen molar-refractivity contribution in [2.75, 3.05) is 0 Å². The lowest BCUT2D eigenvalue weighted by molar-refractivity contribution is 0.0955. The Hall–Kier alpha value is -2.72. The van der Waals surface area contributed by atoms with Gasteiger partial charge < -0.3 is 0 Å². The molecule has 0 bridgehead atoms. The first kappa shape index (κ1) is 19.1. The summed E-state index contributed by atoms with van der Waals surface area (Å²) < 4.78 is 0. The minimum absolute atomic E-state index is 0.0472. The molecule has 4 nitrogen and oxygen atoms in total. The summed E-state index contributed by atoms with van der Waals surface area (Å²) in [6.07, 6.45) is 1.51. The number of amides is 1. The summed E-state index contributed by atoms with van der Waals surface area (Å²) in [7, 11) is 0. The van der Waals surface area contributed by atoms with Crippen molar-refractivity contribution in [3.8, 4) is 0 Å². The molecule has 3 aromatic rings. The number of aromatic nitrogens is 1. The summed E-state index contributed by atoms with van der Waals surface area (Å²) >= 11 is 6.23. The van der Waals surface area contributed by atoms with E-state index in [0.29, 0.717) is 16.3 Å². The number of nitrogens with zero attached hydrogens (tertiary/aromatic N) is 2. The number of carbonyl (C=O) groups is 1. The summed E-state index contributed by atoms with van der Waals surface area (Å²) in [6, 6.07) is 15.4. The number of pyridine rings is 1. The molecule has 1 aromatic heterocycles. The van der Waals surface area contributed by atoms with Crippen molar-refractivity contribution in [1.29, 1.82) is 0 Å². The second-order valence-electron chi connectivity index (χ2n) is 7.59. The zero-order valence-corrected chi connectivity index (χ0v) is 16.6. The fourth-order valence-corrected chi connectivity index (χ4v) is 2.90. The first-order valence-electron chi connectivity index (χ1n) is 8.75. The SMILES string of the molecule is Cc1ccc2cc(/C=N\NC(=O)c3ccc(C(C)(C)C)cc3)c(Cl)nc2c1. The molecule has 0 aliphatic carbocycles. The number of hydrogen-bond donors (Lipinski definition) is 1. The van der Waals surface area contributed by atoms with Crippen LogP contribution in [-0.4, -0.2) is 17.1 Å². The van der Waals surface area contributed by atoms with Crippen LogP contribution in [0.2, 0.25) is 5.15 Å². The lowest BCUT2D eigenvalue weighted by Crippen LogP contribution is -2.18. The number of benzene rings is 2. The molecule has 0 aliphatic rings. The molecule has 0 saturated carbocycles. The van der Waals surface area contributed by atoms with Gasteiger partial charge in [0, 0.05) is 16.5 Å². The Bertz CT molecular complexity index is 1020. The van der Waals surface area contributed by atoms with E-state index in [2.05, 4.69) is 36.3 Å². The van der Waals surface area contributed by atoms with E-state index in [9.17, 15) is 4.79 Å². The van der Waals surface area contributed by atoms with Gasteiger partial charge in [-0.3, -0.25) is 4.79 Å². The third-order valence-corrected chi connectivity index (χ3v) is 4.64. The van der Waals surface area contributed by atoms with Crippen LogP contribution in [-0.2, 0) is 5.41 Å². The van der Waals surface area contributed by atoms with Gasteiger partial charge in [0.15, 0.2) is 0 Å². The predicted molar refractivity (Wildman–Crippen MR) is 112 cm³/mol. The van der Waals surface area contributed by atoms with Gasteiger partial charge in [-0.2, -0.15) is 5.10 Å². The van der Waals surface area contributed by atoms with Crippen molar-refractivity contribution in [2.45, 2.75) is 33.1 Å². The smallest absolute Gasteiger partial charge is 0.267 e. The van der Waals surface area contributed by atoms with Crippen molar-refractivity contribution < 1.29 is 4.79 Å². The molecule has 0 unspecified atom stereocenters. The summed E-state index contributed by atoms with van der Waals surface area (Å²) in [4.78, 5) is 16.6. The van der Waals surface area contributed by atoms with Crippen molar-refractivity contribution in [3.63, 3.8) is 0 Å². The molecule has 0 radical (unpaired) electrons. The van der Waals surface area contributed by atoms with Crippen LogP contribution < -0.4 is 5.43 Å². The Labute approximate surface area is 164 Å². The second-order valence-corrected chi connectivity index (χ2v) is 7.95. The molecule has 5 heteroatoms. The van der Waals surface area contributed by atoms with Gasteiger partial charge in [-0.15, -0.1) is 0 Å². The third kappa shape index (κ3) is 4.52. The minimum atomic E-state index is -0.271. The molecule has 0 fully saturated rings. The molecule has 0 spiro atoms. The molecule has 1 amide bonds. The monoisotopic (exact) mass is 379 g/mol. The Kier molecular flexibility index (Phi) is 5.29. The van der Waals surface area contributed by atoms with Gasteiger partial charge in [0.1, 0.15) is 5.15 Å². The van der Waals surface area contributed by atoms with Gasteiger partial charge in [0.25, 0.3) is 5.91 Å². The zero-order valence-electron chi connectivity index (χ0n) is 15.9. The second kappa shape index (κ2) is 7.49. The number of nitrogens with one attached hydrogen (secondary N) is 1. The molecule has 2 aromatic carbocycles. The average Bonchev–Trinajstić information content (AvgIpc) is 2.61. The van der Waals surface area contributed by atoms with Crippen LogP contribution in [0.5, 0.6) is 0 Å². The number of rotatable bonds is 3. The minimum Gasteiger partial charge on any atom is -0.267 e. The maximum absolute atomic E-state index is 12.3. The Morgan fingerprint density at radius 2 is 1.81 bits per heavy atom. The Balaban J connectivity index is 1.73. The maximum Gasteiger partial charge on any atom is 0.271 e. The van der Waals surface area contributed by atoms with Crippen LogP contribution in [0.15, 0.2) is 53.6 Å². The molecule has 3 rings (SSSR count). The first-order chi connectivity index (χ1) is 12.7. The largest absolute Gasteiger partial charge is 0.271 e. The predicted octanol–water partition coefficient (Wildman–Crippen LogP) is 5.26. The van der Waals surface area contributed by atoms with Crippen LogP contribution in [0, 0.1) is 6.92 Å². The molecule has 0 aliphatic heterocycles. The van der Waals surface area contributed by atoms with E-state index in [-0.39, 0.29) is 11.3 Å². The van der Waals surface area contributed by atoms with E-state index < -0.39 is 0 Å². The van der Waals surface area contributed by atoms with Crippen LogP contribution >= 0.6 is 11.6 Å². The molecule has 1 N–H and O–H groups in total. The van der Waals surface area contributed by atoms with E-state index in [1.807, 2.05) is 43.3 Å². The number of hydrazone groups is 1. The van der Waals surface area contributed by atoms with E-state index in [0.717, 1.165) is 16.5 Å². The first-order valence-corrected chi connectivity index (χ1v) is 9.13. The van der Waals surface area contributed by atoms with Crippen LogP contribution in [0.25, 0.3) is 10.9 Å². The Morgan fingerprint density at radius 3 is 2.48 bits per heavy atom. The molecule has 27 heavy (non-hydrogen) atoms. The van der Waals surface area contributed by atoms with Crippen molar-refractivity contribution >= 4 is 34.6 Å². The Morgan fingerprint density at radius 1 is 1.11 bits per heavy atom. The third-order valence-electron chi connectivity index (χ3n) is 4.34. The fourth-order valence-electron chi connectivity index (χ4n) is 2.71. The molecular formula is C22H22ClN3O. The van der Waals surface area contributed by atoms with Crippen molar-refractivity contribution in [1.82, 2.24) is 10.4 Å². The van der Waals surface area contributed by atoms with Crippen molar-refractivity contribution in [2.24, 2.45) is 5.10 Å². The van der Waals surface area contributed by atoms with Gasteiger partial charge in [-0.05, 0) is 47.7 Å². The lowest BCUT2D eigenvalue weighted by atomic mass is 9.87. The normalized spacial score (nSPS) is 11.9. The van der Waals surface area contributed by atoms with E-state index in [1.165, 1.54) is 11.8 Å². The van der Waals surface area contributed by atoms with Crippen LogP contribution in [0.3, 0.4) is 0 Å². The van der Waals surface area contributed by atoms with E-state index >= 15 is 0 Å². The quantitative estimate of drug-likeness (QED) is 0.383. The van der Waals surface area contributed by atoms with Crippen molar-refractivity contribution in [3.05, 3.63) is 75.9 Å². The van der Waals surface area contributed by atoms with Gasteiger partial charge >= 0.3 is 0 Å². The molecule has 1 heterocycles. The summed E-state index contributed by atoms with van der Waals surface area (Å²) in [5.74, 6) is -0.271. The van der Waals surface area contributed by atoms with E-state index in [1.54, 1.807) is 12.1 Å². The highest BCUT2D eigenvalue weighted by atomic mass is 35.5. The zero-order chi connectivity index (χ0) is 19.6. The number of hydrogen-bond acceptors (Lipinski definition) is 3. The molecule has 0 atom stereocenters.